The van der Waals surface area contributed by atoms with Crippen LogP contribution in [0.1, 0.15) is 37.8 Å². The second kappa shape index (κ2) is 6.16. The summed E-state index contributed by atoms with van der Waals surface area (Å²) in [5, 5.41) is 0. The molecule has 1 heterocycles. The number of nitrogens with zero attached hydrogens (tertiary/aromatic N) is 2. The van der Waals surface area contributed by atoms with E-state index in [9.17, 15) is 0 Å². The Balaban J connectivity index is 1.84. The van der Waals surface area contributed by atoms with Gasteiger partial charge in [0.05, 0.1) is 0 Å². The third kappa shape index (κ3) is 3.51. The average Bonchev–Trinajstić information content (AvgIpc) is 2.94. The summed E-state index contributed by atoms with van der Waals surface area (Å²) in [7, 11) is 4.07. The highest BCUT2D eigenvalue weighted by Crippen LogP contribution is 2.26. The normalized spacial score (nSPS) is 12.2. The zero-order valence-corrected chi connectivity index (χ0v) is 15.0. The van der Waals surface area contributed by atoms with Gasteiger partial charge >= 0.3 is 0 Å². The lowest BCUT2D eigenvalue weighted by Crippen LogP contribution is -2.10. The number of benzene rings is 2. The van der Waals surface area contributed by atoms with Crippen LogP contribution in [0.25, 0.3) is 23.3 Å². The molecule has 0 bridgehead atoms. The summed E-state index contributed by atoms with van der Waals surface area (Å²) in [5.41, 5.74) is 5.41. The van der Waals surface area contributed by atoms with Crippen LogP contribution in [0.2, 0.25) is 0 Å². The lowest BCUT2D eigenvalue weighted by molar-refractivity contribution is 0.585. The fourth-order valence-electron chi connectivity index (χ4n) is 2.53. The number of aromatic nitrogens is 1. The molecule has 0 aliphatic rings. The van der Waals surface area contributed by atoms with Crippen molar-refractivity contribution in [1.29, 1.82) is 0 Å². The molecule has 0 saturated carbocycles. The zero-order valence-electron chi connectivity index (χ0n) is 15.0. The molecule has 3 aromatic rings. The molecule has 0 N–H and O–H groups in total. The molecule has 0 aliphatic heterocycles. The highest BCUT2D eigenvalue weighted by molar-refractivity contribution is 5.77. The first-order valence-electron chi connectivity index (χ1n) is 8.19. The van der Waals surface area contributed by atoms with Crippen molar-refractivity contribution >= 4 is 28.9 Å². The zero-order chi connectivity index (χ0) is 17.3. The van der Waals surface area contributed by atoms with Crippen LogP contribution in [0.15, 0.2) is 46.9 Å². The number of fused-ring (bicyclic) bond motifs is 1. The SMILES string of the molecule is CN(C)c1ccc(/C=C/c2nc3cc(C(C)(C)C)ccc3o2)cc1. The van der Waals surface area contributed by atoms with Crippen LogP contribution in [0.4, 0.5) is 5.69 Å². The van der Waals surface area contributed by atoms with Crippen molar-refractivity contribution in [2.24, 2.45) is 0 Å². The molecule has 0 fully saturated rings. The number of hydrogen-bond acceptors (Lipinski definition) is 3. The monoisotopic (exact) mass is 320 g/mol. The van der Waals surface area contributed by atoms with Gasteiger partial charge in [0.1, 0.15) is 5.52 Å². The Kier molecular flexibility index (Phi) is 4.18. The van der Waals surface area contributed by atoms with Gasteiger partial charge in [-0.25, -0.2) is 4.98 Å². The van der Waals surface area contributed by atoms with Crippen LogP contribution in [0, 0.1) is 0 Å². The first-order chi connectivity index (χ1) is 11.3. The Morgan fingerprint density at radius 3 is 2.29 bits per heavy atom. The second-order valence-corrected chi connectivity index (χ2v) is 7.30. The molecule has 3 rings (SSSR count). The Bertz CT molecular complexity index is 865. The highest BCUT2D eigenvalue weighted by atomic mass is 16.3. The van der Waals surface area contributed by atoms with E-state index < -0.39 is 0 Å². The standard InChI is InChI=1S/C21H24N2O/c1-21(2,3)16-9-12-19-18(14-16)22-20(24-19)13-8-15-6-10-17(11-7-15)23(4)5/h6-14H,1-5H3/b13-8+. The summed E-state index contributed by atoms with van der Waals surface area (Å²) in [4.78, 5) is 6.67. The molecular formula is C21H24N2O. The summed E-state index contributed by atoms with van der Waals surface area (Å²) in [6, 6.07) is 14.6. The lowest BCUT2D eigenvalue weighted by Gasteiger charge is -2.18. The second-order valence-electron chi connectivity index (χ2n) is 7.30. The molecule has 3 heteroatoms. The van der Waals surface area contributed by atoms with Crippen LogP contribution in [-0.4, -0.2) is 19.1 Å². The maximum atomic E-state index is 5.81. The maximum absolute atomic E-state index is 5.81. The molecule has 0 amide bonds. The molecule has 1 aromatic heterocycles. The van der Waals surface area contributed by atoms with Crippen molar-refractivity contribution in [3.05, 3.63) is 59.5 Å². The van der Waals surface area contributed by atoms with E-state index in [2.05, 4.69) is 67.1 Å². The van der Waals surface area contributed by atoms with E-state index in [-0.39, 0.29) is 5.41 Å². The predicted molar refractivity (Wildman–Crippen MR) is 102 cm³/mol. The first kappa shape index (κ1) is 16.3. The van der Waals surface area contributed by atoms with E-state index in [1.807, 2.05) is 32.3 Å². The third-order valence-corrected chi connectivity index (χ3v) is 4.10. The van der Waals surface area contributed by atoms with E-state index in [1.54, 1.807) is 0 Å². The summed E-state index contributed by atoms with van der Waals surface area (Å²) < 4.78 is 5.81. The summed E-state index contributed by atoms with van der Waals surface area (Å²) in [6.45, 7) is 6.60. The van der Waals surface area contributed by atoms with Crippen molar-refractivity contribution in [3.8, 4) is 0 Å². The van der Waals surface area contributed by atoms with Gasteiger partial charge < -0.3 is 9.32 Å². The van der Waals surface area contributed by atoms with Gasteiger partial charge in [-0.2, -0.15) is 0 Å². The number of hydrogen-bond donors (Lipinski definition) is 0. The van der Waals surface area contributed by atoms with Gasteiger partial charge in [0.2, 0.25) is 5.89 Å². The van der Waals surface area contributed by atoms with Crippen LogP contribution in [-0.2, 0) is 5.41 Å². The molecule has 3 nitrogen and oxygen atoms in total. The van der Waals surface area contributed by atoms with Crippen molar-refractivity contribution in [2.75, 3.05) is 19.0 Å². The van der Waals surface area contributed by atoms with Gasteiger partial charge in [-0.15, -0.1) is 0 Å². The van der Waals surface area contributed by atoms with E-state index in [0.717, 1.165) is 16.7 Å². The number of anilines is 1. The quantitative estimate of drug-likeness (QED) is 0.650. The minimum Gasteiger partial charge on any atom is -0.437 e. The topological polar surface area (TPSA) is 29.3 Å². The number of oxazole rings is 1. The Morgan fingerprint density at radius 1 is 0.958 bits per heavy atom. The predicted octanol–water partition coefficient (Wildman–Crippen LogP) is 5.36. The van der Waals surface area contributed by atoms with Crippen molar-refractivity contribution < 1.29 is 4.42 Å². The largest absolute Gasteiger partial charge is 0.437 e. The summed E-state index contributed by atoms with van der Waals surface area (Å²) in [5.74, 6) is 0.632. The van der Waals surface area contributed by atoms with Crippen LogP contribution in [0.3, 0.4) is 0 Å². The molecule has 0 spiro atoms. The first-order valence-corrected chi connectivity index (χ1v) is 8.19. The molecule has 0 saturated heterocycles. The highest BCUT2D eigenvalue weighted by Gasteiger charge is 2.15. The molecule has 24 heavy (non-hydrogen) atoms. The third-order valence-electron chi connectivity index (χ3n) is 4.10. The van der Waals surface area contributed by atoms with Crippen LogP contribution in [0.5, 0.6) is 0 Å². The Labute approximate surface area is 143 Å². The van der Waals surface area contributed by atoms with Crippen molar-refractivity contribution in [2.45, 2.75) is 26.2 Å². The Hall–Kier alpha value is -2.55. The van der Waals surface area contributed by atoms with E-state index >= 15 is 0 Å². The van der Waals surface area contributed by atoms with Crippen LogP contribution < -0.4 is 4.90 Å². The minimum atomic E-state index is 0.108. The molecule has 0 radical (unpaired) electrons. The van der Waals surface area contributed by atoms with Gasteiger partial charge in [-0.1, -0.05) is 39.0 Å². The van der Waals surface area contributed by atoms with Gasteiger partial charge in [0.15, 0.2) is 5.58 Å². The molecular weight excluding hydrogens is 296 g/mol. The maximum Gasteiger partial charge on any atom is 0.220 e. The van der Waals surface area contributed by atoms with E-state index in [0.29, 0.717) is 5.89 Å². The lowest BCUT2D eigenvalue weighted by atomic mass is 9.87. The number of rotatable bonds is 3. The average molecular weight is 320 g/mol. The molecule has 0 atom stereocenters. The minimum absolute atomic E-state index is 0.108. The smallest absolute Gasteiger partial charge is 0.220 e. The van der Waals surface area contributed by atoms with Crippen LogP contribution >= 0.6 is 0 Å². The summed E-state index contributed by atoms with van der Waals surface area (Å²) >= 11 is 0. The fourth-order valence-corrected chi connectivity index (χ4v) is 2.53. The van der Waals surface area contributed by atoms with Crippen molar-refractivity contribution in [1.82, 2.24) is 4.98 Å². The molecule has 2 aromatic carbocycles. The van der Waals surface area contributed by atoms with Gasteiger partial charge in [-0.3, -0.25) is 0 Å². The molecule has 0 unspecified atom stereocenters. The van der Waals surface area contributed by atoms with E-state index in [1.165, 1.54) is 11.3 Å². The summed E-state index contributed by atoms with van der Waals surface area (Å²) in [6.07, 6.45) is 3.94. The van der Waals surface area contributed by atoms with Gasteiger partial charge in [-0.05, 0) is 46.9 Å². The molecule has 124 valence electrons. The van der Waals surface area contributed by atoms with Gasteiger partial charge in [0.25, 0.3) is 0 Å². The van der Waals surface area contributed by atoms with E-state index in [4.69, 9.17) is 4.42 Å². The molecule has 0 aliphatic carbocycles. The van der Waals surface area contributed by atoms with Gasteiger partial charge in [0, 0.05) is 25.9 Å². The Morgan fingerprint density at radius 2 is 1.67 bits per heavy atom. The fraction of sp³-hybridized carbons (Fsp3) is 0.286. The van der Waals surface area contributed by atoms with Crippen molar-refractivity contribution in [3.63, 3.8) is 0 Å².